The Hall–Kier alpha value is -3.06. The van der Waals surface area contributed by atoms with Crippen LogP contribution in [0.2, 0.25) is 0 Å². The monoisotopic (exact) mass is 395 g/mol. The predicted molar refractivity (Wildman–Crippen MR) is 107 cm³/mol. The Bertz CT molecular complexity index is 1070. The lowest BCUT2D eigenvalue weighted by atomic mass is 10.2. The number of hydrogen-bond acceptors (Lipinski definition) is 5. The van der Waals surface area contributed by atoms with Gasteiger partial charge in [0.25, 0.3) is 5.91 Å². The van der Waals surface area contributed by atoms with Gasteiger partial charge in [0.15, 0.2) is 9.84 Å². The molecule has 1 aromatic carbocycles. The number of aryl methyl sites for hydroxylation is 2. The molecule has 3 rings (SSSR count). The van der Waals surface area contributed by atoms with E-state index in [1.165, 1.54) is 12.4 Å². The highest BCUT2D eigenvalue weighted by Crippen LogP contribution is 2.30. The molecule has 0 aliphatic rings. The van der Waals surface area contributed by atoms with Crippen LogP contribution in [0.3, 0.4) is 0 Å². The van der Waals surface area contributed by atoms with Crippen LogP contribution in [0.1, 0.15) is 32.3 Å². The number of pyridine rings is 2. The van der Waals surface area contributed by atoms with Gasteiger partial charge in [-0.1, -0.05) is 18.2 Å². The van der Waals surface area contributed by atoms with Gasteiger partial charge in [-0.15, -0.1) is 0 Å². The highest BCUT2D eigenvalue weighted by atomic mass is 32.2. The summed E-state index contributed by atoms with van der Waals surface area (Å²) in [6.45, 7) is 3.54. The van der Waals surface area contributed by atoms with Crippen LogP contribution < -0.4 is 5.32 Å². The predicted octanol–water partition coefficient (Wildman–Crippen LogP) is 3.04. The normalized spacial score (nSPS) is 12.4. The second-order valence-corrected chi connectivity index (χ2v) is 8.64. The van der Waals surface area contributed by atoms with Crippen molar-refractivity contribution in [3.05, 3.63) is 89.5 Å². The number of aromatic nitrogens is 2. The fourth-order valence-electron chi connectivity index (χ4n) is 2.92. The highest BCUT2D eigenvalue weighted by molar-refractivity contribution is 7.91. The number of nitrogens with one attached hydrogen (secondary N) is 1. The smallest absolute Gasteiger partial charge is 0.252 e. The Morgan fingerprint density at radius 3 is 2.39 bits per heavy atom. The van der Waals surface area contributed by atoms with Gasteiger partial charge in [-0.05, 0) is 54.8 Å². The van der Waals surface area contributed by atoms with Gasteiger partial charge in [0.2, 0.25) is 0 Å². The minimum atomic E-state index is -3.76. The van der Waals surface area contributed by atoms with Crippen molar-refractivity contribution in [2.75, 3.05) is 6.54 Å². The zero-order valence-corrected chi connectivity index (χ0v) is 16.5. The number of nitrogens with zero attached hydrogens (tertiary/aromatic N) is 2. The van der Waals surface area contributed by atoms with Crippen LogP contribution in [0.25, 0.3) is 0 Å². The number of carbonyl (C=O) groups is 1. The first-order valence-corrected chi connectivity index (χ1v) is 10.3. The molecule has 7 heteroatoms. The van der Waals surface area contributed by atoms with E-state index in [9.17, 15) is 13.2 Å². The Balaban J connectivity index is 1.96. The van der Waals surface area contributed by atoms with Crippen LogP contribution in [0, 0.1) is 13.8 Å². The highest BCUT2D eigenvalue weighted by Gasteiger charge is 2.31. The lowest BCUT2D eigenvalue weighted by Gasteiger charge is -2.20. The molecule has 0 bridgehead atoms. The molecule has 0 radical (unpaired) electrons. The van der Waals surface area contributed by atoms with E-state index in [1.807, 2.05) is 13.0 Å². The molecule has 2 heterocycles. The topological polar surface area (TPSA) is 89.0 Å². The molecule has 1 N–H and O–H groups in total. The van der Waals surface area contributed by atoms with Crippen molar-refractivity contribution in [1.82, 2.24) is 15.3 Å². The van der Waals surface area contributed by atoms with E-state index in [0.717, 1.165) is 5.56 Å². The molecule has 6 nitrogen and oxygen atoms in total. The van der Waals surface area contributed by atoms with E-state index in [-0.39, 0.29) is 17.3 Å². The summed E-state index contributed by atoms with van der Waals surface area (Å²) < 4.78 is 26.9. The number of sulfone groups is 1. The van der Waals surface area contributed by atoms with Gasteiger partial charge in [0.1, 0.15) is 5.25 Å². The summed E-state index contributed by atoms with van der Waals surface area (Å²) >= 11 is 0. The van der Waals surface area contributed by atoms with Gasteiger partial charge < -0.3 is 5.32 Å². The largest absolute Gasteiger partial charge is 0.350 e. The van der Waals surface area contributed by atoms with Crippen molar-refractivity contribution >= 4 is 15.7 Å². The van der Waals surface area contributed by atoms with Crippen molar-refractivity contribution in [3.8, 4) is 0 Å². The van der Waals surface area contributed by atoms with E-state index in [0.29, 0.717) is 16.7 Å². The number of carbonyl (C=O) groups excluding carboxylic acids is 1. The summed E-state index contributed by atoms with van der Waals surface area (Å²) in [5.74, 6) is -0.377. The second-order valence-electron chi connectivity index (χ2n) is 6.54. The maximum absolute atomic E-state index is 13.5. The van der Waals surface area contributed by atoms with E-state index in [2.05, 4.69) is 15.3 Å². The fraction of sp³-hybridized carbons (Fsp3) is 0.190. The molecule has 0 aliphatic heterocycles. The Labute approximate surface area is 164 Å². The quantitative estimate of drug-likeness (QED) is 0.693. The molecular weight excluding hydrogens is 374 g/mol. The van der Waals surface area contributed by atoms with Crippen molar-refractivity contribution in [1.29, 1.82) is 0 Å². The van der Waals surface area contributed by atoms with Gasteiger partial charge in [-0.25, -0.2) is 8.42 Å². The summed E-state index contributed by atoms with van der Waals surface area (Å²) in [7, 11) is -3.76. The van der Waals surface area contributed by atoms with Crippen LogP contribution in [0.5, 0.6) is 0 Å². The third-order valence-corrected chi connectivity index (χ3v) is 6.69. The molecule has 0 fully saturated rings. The average Bonchev–Trinajstić information content (AvgIpc) is 2.71. The molecule has 2 aromatic heterocycles. The van der Waals surface area contributed by atoms with E-state index >= 15 is 0 Å². The van der Waals surface area contributed by atoms with Crippen molar-refractivity contribution in [3.63, 3.8) is 0 Å². The zero-order valence-electron chi connectivity index (χ0n) is 15.7. The summed E-state index contributed by atoms with van der Waals surface area (Å²) in [6, 6.07) is 12.0. The number of amides is 1. The van der Waals surface area contributed by atoms with Crippen molar-refractivity contribution < 1.29 is 13.2 Å². The number of hydrogen-bond donors (Lipinski definition) is 1. The lowest BCUT2D eigenvalue weighted by Crippen LogP contribution is -2.32. The lowest BCUT2D eigenvalue weighted by molar-refractivity contribution is 0.0953. The van der Waals surface area contributed by atoms with Crippen molar-refractivity contribution in [2.45, 2.75) is 24.0 Å². The molecule has 28 heavy (non-hydrogen) atoms. The van der Waals surface area contributed by atoms with Gasteiger partial charge in [-0.3, -0.25) is 14.8 Å². The molecule has 1 amide bonds. The third kappa shape index (κ3) is 4.26. The summed E-state index contributed by atoms with van der Waals surface area (Å²) in [4.78, 5) is 20.6. The zero-order chi connectivity index (χ0) is 20.1. The minimum Gasteiger partial charge on any atom is -0.350 e. The van der Waals surface area contributed by atoms with E-state index in [4.69, 9.17) is 0 Å². The van der Waals surface area contributed by atoms with Gasteiger partial charge in [0.05, 0.1) is 10.5 Å². The van der Waals surface area contributed by atoms with Crippen LogP contribution in [-0.2, 0) is 9.84 Å². The first kappa shape index (κ1) is 19.7. The van der Waals surface area contributed by atoms with Crippen LogP contribution >= 0.6 is 0 Å². The Morgan fingerprint density at radius 2 is 1.75 bits per heavy atom. The molecule has 0 saturated carbocycles. The summed E-state index contributed by atoms with van der Waals surface area (Å²) in [5, 5.41) is 1.77. The van der Waals surface area contributed by atoms with E-state index < -0.39 is 15.1 Å². The first-order valence-electron chi connectivity index (χ1n) is 8.79. The minimum absolute atomic E-state index is 0.0743. The number of benzene rings is 1. The maximum Gasteiger partial charge on any atom is 0.252 e. The molecule has 0 saturated heterocycles. The molecular formula is C21H21N3O3S. The molecule has 3 aromatic rings. The van der Waals surface area contributed by atoms with Gasteiger partial charge in [0, 0.05) is 31.3 Å². The molecule has 0 aliphatic carbocycles. The van der Waals surface area contributed by atoms with Crippen LogP contribution in [-0.4, -0.2) is 30.8 Å². The molecule has 1 atom stereocenters. The van der Waals surface area contributed by atoms with Gasteiger partial charge >= 0.3 is 0 Å². The molecule has 0 spiro atoms. The Kier molecular flexibility index (Phi) is 5.84. The SMILES string of the molecule is Cc1ccc(C)c(S(=O)(=O)[C@H](CNC(=O)c2cccnc2)c2cccnc2)c1. The van der Waals surface area contributed by atoms with Crippen LogP contribution in [0.15, 0.2) is 72.1 Å². The standard InChI is InChI=1S/C21H21N3O3S/c1-15-7-8-16(2)19(11-15)28(26,27)20(17-5-3-9-22-12-17)14-24-21(25)18-6-4-10-23-13-18/h3-13,20H,14H2,1-2H3,(H,24,25)/t20-/m1/s1. The molecule has 144 valence electrons. The van der Waals surface area contributed by atoms with E-state index in [1.54, 1.807) is 55.7 Å². The second kappa shape index (κ2) is 8.31. The summed E-state index contributed by atoms with van der Waals surface area (Å²) in [5.41, 5.74) is 2.41. The number of rotatable bonds is 6. The van der Waals surface area contributed by atoms with Crippen molar-refractivity contribution in [2.24, 2.45) is 0 Å². The van der Waals surface area contributed by atoms with Gasteiger partial charge in [-0.2, -0.15) is 0 Å². The van der Waals surface area contributed by atoms with Crippen LogP contribution in [0.4, 0.5) is 0 Å². The molecule has 0 unspecified atom stereocenters. The fourth-order valence-corrected chi connectivity index (χ4v) is 4.90. The third-order valence-electron chi connectivity index (χ3n) is 4.45. The first-order chi connectivity index (χ1) is 13.4. The Morgan fingerprint density at radius 1 is 1.04 bits per heavy atom. The summed E-state index contributed by atoms with van der Waals surface area (Å²) in [6.07, 6.45) is 6.11. The maximum atomic E-state index is 13.5. The average molecular weight is 395 g/mol.